The third-order valence-electron chi connectivity index (χ3n) is 4.71. The van der Waals surface area contributed by atoms with E-state index in [1.807, 2.05) is 0 Å². The minimum Gasteiger partial charge on any atom is -0.508 e. The summed E-state index contributed by atoms with van der Waals surface area (Å²) in [4.78, 5) is 47.5. The minimum atomic E-state index is -1.48. The second-order valence-corrected chi connectivity index (χ2v) is 7.15. The average Bonchev–Trinajstić information content (AvgIpc) is 2.79. The molecule has 0 aliphatic carbocycles. The number of phenolic OH excluding ortho intramolecular Hbond substituents is 1. The molecule has 0 aromatic heterocycles. The molecule has 11 nitrogen and oxygen atoms in total. The molecule has 2 unspecified atom stereocenters. The molecule has 0 aliphatic rings. The van der Waals surface area contributed by atoms with E-state index in [9.17, 15) is 29.4 Å². The van der Waals surface area contributed by atoms with Crippen LogP contribution in [-0.4, -0.2) is 51.7 Å². The highest BCUT2D eigenvalue weighted by Gasteiger charge is 2.32. The van der Waals surface area contributed by atoms with Gasteiger partial charge in [0.25, 0.3) is 5.91 Å². The molecule has 3 atom stereocenters. The molecule has 0 heterocycles. The van der Waals surface area contributed by atoms with Crippen molar-refractivity contribution >= 4 is 23.8 Å². The number of hydrogen-bond donors (Lipinski definition) is 5. The lowest BCUT2D eigenvalue weighted by Crippen LogP contribution is -2.44. The van der Waals surface area contributed by atoms with Crippen molar-refractivity contribution in [3.05, 3.63) is 65.7 Å². The van der Waals surface area contributed by atoms with Crippen LogP contribution in [0.15, 0.2) is 64.8 Å². The van der Waals surface area contributed by atoms with Gasteiger partial charge in [-0.05, 0) is 23.3 Å². The fourth-order valence-electron chi connectivity index (χ4n) is 3.06. The van der Waals surface area contributed by atoms with Gasteiger partial charge >= 0.3 is 11.9 Å². The number of carbonyl (C=O) groups is 4. The highest BCUT2D eigenvalue weighted by atomic mass is 16.4. The van der Waals surface area contributed by atoms with E-state index in [2.05, 4.69) is 15.5 Å². The standard InChI is InChI=1S/C22H24N4O7/c23-12-18(28)24-17(10-13-6-8-15(27)9-7-13)21(31)26-25-20(14-4-2-1-3-5-14)16(22(32)33)11-19(29)30/h1-9,16-17,20,27H,10-12,23H2,(H,24,28)(H,29,30)(H,32,33)/t16?,17-,20?/m0/s1. The number of aliphatic carboxylic acids is 2. The van der Waals surface area contributed by atoms with Crippen molar-refractivity contribution in [3.8, 4) is 5.75 Å². The van der Waals surface area contributed by atoms with Crippen molar-refractivity contribution in [1.82, 2.24) is 5.32 Å². The molecule has 2 amide bonds. The second kappa shape index (κ2) is 12.1. The molecule has 33 heavy (non-hydrogen) atoms. The van der Waals surface area contributed by atoms with Gasteiger partial charge in [0, 0.05) is 6.42 Å². The Hall–Kier alpha value is -4.12. The van der Waals surface area contributed by atoms with E-state index < -0.39 is 48.2 Å². The monoisotopic (exact) mass is 456 g/mol. The van der Waals surface area contributed by atoms with Crippen molar-refractivity contribution in [1.29, 1.82) is 0 Å². The van der Waals surface area contributed by atoms with E-state index in [0.29, 0.717) is 11.1 Å². The van der Waals surface area contributed by atoms with Crippen LogP contribution in [-0.2, 0) is 25.6 Å². The van der Waals surface area contributed by atoms with E-state index in [1.54, 1.807) is 42.5 Å². The maximum atomic E-state index is 12.8. The maximum Gasteiger partial charge on any atom is 0.309 e. The number of carboxylic acid groups (broad SMARTS) is 2. The summed E-state index contributed by atoms with van der Waals surface area (Å²) < 4.78 is 0. The molecule has 0 radical (unpaired) electrons. The number of azo groups is 1. The summed E-state index contributed by atoms with van der Waals surface area (Å²) in [5.41, 5.74) is 6.29. The fraction of sp³-hybridized carbons (Fsp3) is 0.273. The zero-order chi connectivity index (χ0) is 24.4. The smallest absolute Gasteiger partial charge is 0.309 e. The maximum absolute atomic E-state index is 12.8. The predicted octanol–water partition coefficient (Wildman–Crippen LogP) is 1.27. The van der Waals surface area contributed by atoms with Crippen LogP contribution in [0.1, 0.15) is 23.6 Å². The summed E-state index contributed by atoms with van der Waals surface area (Å²) in [6.45, 7) is -0.372. The minimum absolute atomic E-state index is 0.0113. The first-order valence-electron chi connectivity index (χ1n) is 9.92. The van der Waals surface area contributed by atoms with Crippen LogP contribution in [0.5, 0.6) is 5.75 Å². The van der Waals surface area contributed by atoms with Crippen LogP contribution in [0.25, 0.3) is 0 Å². The number of hydrogen-bond acceptors (Lipinski definition) is 7. The van der Waals surface area contributed by atoms with Gasteiger partial charge in [-0.1, -0.05) is 42.5 Å². The van der Waals surface area contributed by atoms with E-state index in [0.717, 1.165) is 0 Å². The third kappa shape index (κ3) is 7.82. The first kappa shape index (κ1) is 25.1. The summed E-state index contributed by atoms with van der Waals surface area (Å²) in [7, 11) is 0. The van der Waals surface area contributed by atoms with E-state index in [1.165, 1.54) is 12.1 Å². The SMILES string of the molecule is NCC(=O)N[C@@H](Cc1ccc(O)cc1)C(=O)N=NC(c1ccccc1)C(CC(=O)O)C(=O)O. The third-order valence-corrected chi connectivity index (χ3v) is 4.71. The van der Waals surface area contributed by atoms with E-state index in [-0.39, 0.29) is 18.7 Å². The summed E-state index contributed by atoms with van der Waals surface area (Å²) >= 11 is 0. The molecule has 6 N–H and O–H groups in total. The van der Waals surface area contributed by atoms with Gasteiger partial charge in [-0.3, -0.25) is 19.2 Å². The Morgan fingerprint density at radius 2 is 1.61 bits per heavy atom. The molecule has 0 fully saturated rings. The fourth-order valence-corrected chi connectivity index (χ4v) is 3.06. The lowest BCUT2D eigenvalue weighted by atomic mass is 9.91. The largest absolute Gasteiger partial charge is 0.508 e. The number of carboxylic acids is 2. The molecule has 2 aromatic rings. The van der Waals surface area contributed by atoms with Crippen LogP contribution in [0.3, 0.4) is 0 Å². The number of rotatable bonds is 11. The Labute approximate surface area is 189 Å². The number of aromatic hydroxyl groups is 1. The molecule has 11 heteroatoms. The molecule has 2 aromatic carbocycles. The van der Waals surface area contributed by atoms with Crippen LogP contribution in [0.2, 0.25) is 0 Å². The van der Waals surface area contributed by atoms with Crippen molar-refractivity contribution < 1.29 is 34.5 Å². The number of nitrogens with two attached hydrogens (primary N) is 1. The topological polar surface area (TPSA) is 192 Å². The Bertz CT molecular complexity index is 1010. The van der Waals surface area contributed by atoms with Crippen LogP contribution in [0, 0.1) is 5.92 Å². The highest BCUT2D eigenvalue weighted by molar-refractivity contribution is 5.88. The number of benzene rings is 2. The Balaban J connectivity index is 2.34. The molecule has 174 valence electrons. The summed E-state index contributed by atoms with van der Waals surface area (Å²) in [5.74, 6) is -5.69. The second-order valence-electron chi connectivity index (χ2n) is 7.15. The number of nitrogens with zero attached hydrogens (tertiary/aromatic N) is 2. The molecular formula is C22H24N4O7. The van der Waals surface area contributed by atoms with Crippen molar-refractivity contribution in [2.24, 2.45) is 21.9 Å². The summed E-state index contributed by atoms with van der Waals surface area (Å²) in [6.07, 6.45) is -0.722. The van der Waals surface area contributed by atoms with Gasteiger partial charge in [-0.15, -0.1) is 5.11 Å². The molecule has 0 bridgehead atoms. The van der Waals surface area contributed by atoms with Crippen molar-refractivity contribution in [3.63, 3.8) is 0 Å². The zero-order valence-electron chi connectivity index (χ0n) is 17.5. The first-order valence-corrected chi connectivity index (χ1v) is 9.92. The molecule has 0 spiro atoms. The number of nitrogens with one attached hydrogen (secondary N) is 1. The van der Waals surface area contributed by atoms with Gasteiger partial charge in [-0.2, -0.15) is 5.11 Å². The average molecular weight is 456 g/mol. The van der Waals surface area contributed by atoms with E-state index >= 15 is 0 Å². The number of carbonyl (C=O) groups excluding carboxylic acids is 2. The molecule has 0 aliphatic heterocycles. The quantitative estimate of drug-likeness (QED) is 0.312. The molecule has 0 saturated heterocycles. The zero-order valence-corrected chi connectivity index (χ0v) is 17.5. The summed E-state index contributed by atoms with van der Waals surface area (Å²) in [5, 5.41) is 38.1. The van der Waals surface area contributed by atoms with Gasteiger partial charge in [0.15, 0.2) is 0 Å². The van der Waals surface area contributed by atoms with Gasteiger partial charge < -0.3 is 26.4 Å². The van der Waals surface area contributed by atoms with Crippen LogP contribution in [0.4, 0.5) is 0 Å². The Kier molecular flexibility index (Phi) is 9.18. The Morgan fingerprint density at radius 1 is 0.970 bits per heavy atom. The predicted molar refractivity (Wildman–Crippen MR) is 115 cm³/mol. The lowest BCUT2D eigenvalue weighted by Gasteiger charge is -2.19. The van der Waals surface area contributed by atoms with Crippen molar-refractivity contribution in [2.45, 2.75) is 24.9 Å². The number of amides is 2. The highest BCUT2D eigenvalue weighted by Crippen LogP contribution is 2.29. The number of phenols is 1. The Morgan fingerprint density at radius 3 is 2.15 bits per heavy atom. The summed E-state index contributed by atoms with van der Waals surface area (Å²) in [6, 6.07) is 11.6. The molecular weight excluding hydrogens is 432 g/mol. The van der Waals surface area contributed by atoms with Gasteiger partial charge in [0.2, 0.25) is 5.91 Å². The normalized spacial score (nSPS) is 13.7. The molecule has 0 saturated carbocycles. The van der Waals surface area contributed by atoms with Gasteiger partial charge in [0.1, 0.15) is 17.8 Å². The first-order chi connectivity index (χ1) is 15.7. The van der Waals surface area contributed by atoms with E-state index in [4.69, 9.17) is 10.8 Å². The lowest BCUT2D eigenvalue weighted by molar-refractivity contribution is -0.149. The van der Waals surface area contributed by atoms with Crippen LogP contribution >= 0.6 is 0 Å². The van der Waals surface area contributed by atoms with Gasteiger partial charge in [-0.25, -0.2) is 0 Å². The van der Waals surface area contributed by atoms with Crippen LogP contribution < -0.4 is 11.1 Å². The van der Waals surface area contributed by atoms with Gasteiger partial charge in [0.05, 0.1) is 18.9 Å². The molecule has 2 rings (SSSR count). The van der Waals surface area contributed by atoms with Crippen molar-refractivity contribution in [2.75, 3.05) is 6.54 Å².